The Morgan fingerprint density at radius 3 is 1.97 bits per heavy atom. The largest absolute Gasteiger partial charge is 0.393 e. The fraction of sp³-hybridized carbons (Fsp3) is 0.453. The highest BCUT2D eigenvalue weighted by Crippen LogP contribution is 2.43. The van der Waals surface area contributed by atoms with Crippen molar-refractivity contribution in [3.63, 3.8) is 0 Å². The van der Waals surface area contributed by atoms with Gasteiger partial charge in [0.25, 0.3) is 20.2 Å². The van der Waals surface area contributed by atoms with E-state index in [1.165, 1.54) is 30.3 Å². The number of para-hydroxylation sites is 2. The molecule has 0 fully saturated rings. The zero-order valence-electron chi connectivity index (χ0n) is 49.8. The summed E-state index contributed by atoms with van der Waals surface area (Å²) in [5.41, 5.74) is 6.15. The lowest BCUT2D eigenvalue weighted by atomic mass is 9.95. The second-order valence-corrected chi connectivity index (χ2v) is 26.9. The zero-order valence-corrected chi connectivity index (χ0v) is 53.1. The smallest absolute Gasteiger partial charge is 0.296 e. The summed E-state index contributed by atoms with van der Waals surface area (Å²) in [5.74, 6) is 0. The molecule has 0 bridgehead atoms. The molecule has 4 aliphatic rings. The number of aliphatic hydroxyl groups is 4. The number of thioether (sulfide) groups is 1. The molecule has 20 nitrogen and oxygen atoms in total. The van der Waals surface area contributed by atoms with Crippen LogP contribution >= 0.6 is 23.1 Å². The molecule has 0 radical (unpaired) electrons. The van der Waals surface area contributed by atoms with Crippen molar-refractivity contribution in [2.75, 3.05) is 97.9 Å². The number of nitrogens with one attached hydrogen (secondary N) is 1. The fourth-order valence-electron chi connectivity index (χ4n) is 10.2. The van der Waals surface area contributed by atoms with Gasteiger partial charge in [-0.3, -0.25) is 18.9 Å². The normalized spacial score (nSPS) is 16.1. The first kappa shape index (κ1) is 68.5. The Morgan fingerprint density at radius 2 is 1.31 bits per heavy atom. The number of nitrogens with zero attached hydrogens (tertiary/aromatic N) is 5. The van der Waals surface area contributed by atoms with Gasteiger partial charge < -0.3 is 44.7 Å². The Morgan fingerprint density at radius 1 is 0.670 bits per heavy atom. The molecule has 0 saturated heterocycles. The minimum atomic E-state index is -4.44. The molecule has 4 aromatic rings. The highest BCUT2D eigenvalue weighted by molar-refractivity contribution is 8.04. The molecular formula is C64H82N6O14S4. The van der Waals surface area contributed by atoms with E-state index in [0.717, 1.165) is 66.1 Å². The highest BCUT2D eigenvalue weighted by Gasteiger charge is 2.27. The summed E-state index contributed by atoms with van der Waals surface area (Å²) < 4.78 is 91.7. The lowest BCUT2D eigenvalue weighted by Gasteiger charge is -2.30. The third-order valence-electron chi connectivity index (χ3n) is 15.1. The van der Waals surface area contributed by atoms with E-state index in [1.807, 2.05) is 43.3 Å². The van der Waals surface area contributed by atoms with Crippen molar-refractivity contribution >= 4 is 76.3 Å². The number of ether oxygens (including phenoxy) is 4. The van der Waals surface area contributed by atoms with Gasteiger partial charge in [-0.15, -0.1) is 11.3 Å². The van der Waals surface area contributed by atoms with E-state index in [4.69, 9.17) is 28.9 Å². The van der Waals surface area contributed by atoms with Gasteiger partial charge in [0.05, 0.1) is 125 Å². The maximum atomic E-state index is 12.1. The molecule has 0 aromatic heterocycles. The van der Waals surface area contributed by atoms with Crippen LogP contribution in [0.15, 0.2) is 156 Å². The Bertz CT molecular complexity index is 3590. The van der Waals surface area contributed by atoms with Gasteiger partial charge in [-0.25, -0.2) is 15.0 Å². The Balaban J connectivity index is 0.779. The maximum Gasteiger partial charge on any atom is 0.296 e. The highest BCUT2D eigenvalue weighted by atomic mass is 32.2. The maximum absolute atomic E-state index is 12.1. The molecule has 88 heavy (non-hydrogen) atoms. The summed E-state index contributed by atoms with van der Waals surface area (Å²) in [6, 6.07) is 31.4. The zero-order chi connectivity index (χ0) is 62.5. The van der Waals surface area contributed by atoms with Gasteiger partial charge in [-0.2, -0.15) is 16.8 Å². The number of hydrogen-bond acceptors (Lipinski definition) is 20. The average Bonchev–Trinajstić information content (AvgIpc) is 1.48. The Kier molecular flexibility index (Phi) is 26.6. The third kappa shape index (κ3) is 21.7. The van der Waals surface area contributed by atoms with E-state index in [9.17, 15) is 46.4 Å². The van der Waals surface area contributed by atoms with Crippen molar-refractivity contribution in [2.24, 2.45) is 9.98 Å². The minimum absolute atomic E-state index is 0.117. The molecule has 0 saturated carbocycles. The van der Waals surface area contributed by atoms with E-state index in [1.54, 1.807) is 54.5 Å². The number of anilines is 1. The Hall–Kier alpha value is -5.36. The third-order valence-corrected chi connectivity index (χ3v) is 19.1. The van der Waals surface area contributed by atoms with Crippen LogP contribution in [0.2, 0.25) is 0 Å². The number of aliphatic hydroxyl groups excluding tert-OH is 4. The van der Waals surface area contributed by atoms with Crippen LogP contribution in [0.3, 0.4) is 0 Å². The van der Waals surface area contributed by atoms with Crippen molar-refractivity contribution in [3.8, 4) is 10.6 Å². The lowest BCUT2D eigenvalue weighted by molar-refractivity contribution is 0.00322. The molecule has 2 aliphatic carbocycles. The van der Waals surface area contributed by atoms with Gasteiger partial charge in [0.1, 0.15) is 4.90 Å². The monoisotopic (exact) mass is 1290 g/mol. The second kappa shape index (κ2) is 34.2. The molecule has 476 valence electrons. The molecule has 2 heterocycles. The number of allylic oxidation sites excluding steroid dienone is 2. The number of aliphatic imine (C=N–C) groups is 1. The molecule has 0 spiro atoms. The van der Waals surface area contributed by atoms with Crippen molar-refractivity contribution < 1.29 is 65.3 Å². The number of rotatable bonds is 38. The molecule has 2 aliphatic heterocycles. The summed E-state index contributed by atoms with van der Waals surface area (Å²) >= 11 is 3.18. The molecule has 5 atom stereocenters. The molecule has 24 heteroatoms. The molecule has 5 unspecified atom stereocenters. The van der Waals surface area contributed by atoms with Crippen molar-refractivity contribution in [1.82, 2.24) is 14.8 Å². The summed E-state index contributed by atoms with van der Waals surface area (Å²) in [6.07, 6.45) is 7.05. The van der Waals surface area contributed by atoms with Crippen LogP contribution in [0.4, 0.5) is 17.1 Å². The van der Waals surface area contributed by atoms with Crippen LogP contribution < -0.4 is 10.7 Å². The lowest BCUT2D eigenvalue weighted by Crippen LogP contribution is -2.35. The van der Waals surface area contributed by atoms with Gasteiger partial charge in [0.15, 0.2) is 0 Å². The van der Waals surface area contributed by atoms with E-state index in [-0.39, 0.29) is 47.4 Å². The number of aromatic nitrogens is 1. The van der Waals surface area contributed by atoms with Crippen molar-refractivity contribution in [2.45, 2.75) is 110 Å². The first-order valence-corrected chi connectivity index (χ1v) is 34.4. The predicted octanol–water partition coefficient (Wildman–Crippen LogP) is 8.74. The van der Waals surface area contributed by atoms with Crippen LogP contribution in [0.5, 0.6) is 0 Å². The average molecular weight is 1290 g/mol. The van der Waals surface area contributed by atoms with Crippen LogP contribution in [0.25, 0.3) is 20.8 Å². The fourth-order valence-corrected chi connectivity index (χ4v) is 13.3. The first-order chi connectivity index (χ1) is 42.4. The van der Waals surface area contributed by atoms with Crippen LogP contribution in [-0.4, -0.2) is 190 Å². The SMILES string of the molecule is CCC(O)CCCC(O)COCCN(CCOCC(O)CCCC(O)COCCN(CCOC)CCc1ccc2sc3c/c(=N\c4ccccc4S(=O)(=O)O)ccc-3nc2c1)CCC1=CC2=Nc3ccccc3SC2=CC1Nc1cccc(S(=O)(=O)O)c1. The molecule has 8 rings (SSSR count). The van der Waals surface area contributed by atoms with Crippen LogP contribution in [-0.2, 0) is 45.6 Å². The van der Waals surface area contributed by atoms with Gasteiger partial charge in [0.2, 0.25) is 0 Å². The number of hydrogen-bond donors (Lipinski definition) is 7. The first-order valence-electron chi connectivity index (χ1n) is 29.9. The van der Waals surface area contributed by atoms with E-state index < -0.39 is 38.5 Å². The van der Waals surface area contributed by atoms with Crippen molar-refractivity contribution in [3.05, 3.63) is 143 Å². The summed E-state index contributed by atoms with van der Waals surface area (Å²) in [5, 5.41) is 46.3. The van der Waals surface area contributed by atoms with Crippen LogP contribution in [0, 0.1) is 0 Å². The van der Waals surface area contributed by atoms with Gasteiger partial charge in [-0.05, 0) is 154 Å². The number of fused-ring (bicyclic) bond motifs is 4. The Labute approximate surface area is 524 Å². The molecule has 7 N–H and O–H groups in total. The van der Waals surface area contributed by atoms with Gasteiger partial charge in [-0.1, -0.05) is 55.1 Å². The van der Waals surface area contributed by atoms with Crippen molar-refractivity contribution in [1.29, 1.82) is 0 Å². The van der Waals surface area contributed by atoms with Gasteiger partial charge in [0, 0.05) is 61.9 Å². The van der Waals surface area contributed by atoms with E-state index >= 15 is 0 Å². The number of benzene rings is 5. The standard InChI is InChI=1S/C64H82N6O14S4/c1-3-49(71)12-9-13-50(72)42-83-35-31-70(28-26-46-38-59-63(85-60-19-6-4-17-54(60)67-59)41-57(46)66-47-11-8-16-53(39-47)87(75,76)77)32-36-84-44-52(74)15-10-14-51(73)43-82-34-30-69(29-33-81-2)27-25-45-21-24-61-58(37-45)68-55-23-22-48(40-62(55)86-61)65-56-18-5-7-20-64(56)88(78,79)80/h4-8,11,16-24,37-41,49-52,57,66,71-74H,3,9-10,12-15,25-36,42-44H2,1-2H3,(H,75,76,77)(H,78,79,80)/b65-48-. The minimum Gasteiger partial charge on any atom is -0.393 e. The number of methoxy groups -OCH3 is 1. The summed E-state index contributed by atoms with van der Waals surface area (Å²) in [4.78, 5) is 21.3. The summed E-state index contributed by atoms with van der Waals surface area (Å²) in [6.45, 7) is 7.75. The van der Waals surface area contributed by atoms with E-state index in [2.05, 4.69) is 50.5 Å². The van der Waals surface area contributed by atoms with Gasteiger partial charge >= 0.3 is 0 Å². The summed E-state index contributed by atoms with van der Waals surface area (Å²) in [7, 11) is -7.20. The van der Waals surface area contributed by atoms with Crippen LogP contribution in [0.1, 0.15) is 63.9 Å². The van der Waals surface area contributed by atoms with E-state index in [0.29, 0.717) is 122 Å². The molecule has 0 amide bonds. The second-order valence-electron chi connectivity index (χ2n) is 22.0. The predicted molar refractivity (Wildman–Crippen MR) is 345 cm³/mol. The molecule has 4 aromatic carbocycles. The molecular weight excluding hydrogens is 1200 g/mol. The quantitative estimate of drug-likeness (QED) is 0.0108. The topological polar surface area (TPSA) is 283 Å².